The van der Waals surface area contributed by atoms with Crippen LogP contribution in [-0.2, 0) is 23.6 Å². The van der Waals surface area contributed by atoms with Crippen molar-refractivity contribution in [3.63, 3.8) is 0 Å². The molecule has 158 valence electrons. The van der Waals surface area contributed by atoms with Gasteiger partial charge in [-0.3, -0.25) is 4.79 Å². The minimum atomic E-state index is -4.64. The summed E-state index contributed by atoms with van der Waals surface area (Å²) in [5, 5.41) is 2.84. The molecule has 0 heterocycles. The average molecular weight is 410 g/mol. The first-order valence-corrected chi connectivity index (χ1v) is 10.3. The van der Waals surface area contributed by atoms with E-state index in [4.69, 9.17) is 34.5 Å². The first-order chi connectivity index (χ1) is 12.4. The SMILES string of the molecule is CCOC(=O)C1=C[C@@H](OC(CC)CC)[C@@H](NC(C)=O)[C@H](N)C1.O=P(O)(O)O. The van der Waals surface area contributed by atoms with Gasteiger partial charge in [0.25, 0.3) is 0 Å². The van der Waals surface area contributed by atoms with Crippen LogP contribution in [-0.4, -0.2) is 57.5 Å². The van der Waals surface area contributed by atoms with E-state index in [1.54, 1.807) is 13.0 Å². The van der Waals surface area contributed by atoms with E-state index < -0.39 is 13.9 Å². The number of amides is 1. The second-order valence-corrected chi connectivity index (χ2v) is 7.09. The molecule has 0 spiro atoms. The Hall–Kier alpha value is -1.29. The predicted molar refractivity (Wildman–Crippen MR) is 98.4 cm³/mol. The van der Waals surface area contributed by atoms with Gasteiger partial charge >= 0.3 is 13.8 Å². The molecule has 0 aromatic rings. The Morgan fingerprint density at radius 3 is 2.22 bits per heavy atom. The van der Waals surface area contributed by atoms with E-state index >= 15 is 0 Å². The van der Waals surface area contributed by atoms with E-state index in [1.165, 1.54) is 6.92 Å². The fraction of sp³-hybridized carbons (Fsp3) is 0.750. The minimum absolute atomic E-state index is 0.0613. The molecule has 0 fully saturated rings. The fourth-order valence-corrected chi connectivity index (χ4v) is 2.62. The van der Waals surface area contributed by atoms with Crippen molar-refractivity contribution >= 4 is 19.7 Å². The van der Waals surface area contributed by atoms with Crippen LogP contribution in [0.5, 0.6) is 0 Å². The van der Waals surface area contributed by atoms with Crippen molar-refractivity contribution in [2.75, 3.05) is 6.61 Å². The summed E-state index contributed by atoms with van der Waals surface area (Å²) in [4.78, 5) is 44.9. The maximum absolute atomic E-state index is 12.0. The molecule has 10 nitrogen and oxygen atoms in total. The van der Waals surface area contributed by atoms with Gasteiger partial charge in [-0.05, 0) is 32.3 Å². The molecule has 0 bridgehead atoms. The Bertz CT molecular complexity index is 550. The predicted octanol–water partition coefficient (Wildman–Crippen LogP) is 0.357. The average Bonchev–Trinajstić information content (AvgIpc) is 2.53. The van der Waals surface area contributed by atoms with Crippen LogP contribution in [0, 0.1) is 0 Å². The van der Waals surface area contributed by atoms with Crippen molar-refractivity contribution in [1.29, 1.82) is 0 Å². The van der Waals surface area contributed by atoms with Crippen molar-refractivity contribution < 1.29 is 38.3 Å². The summed E-state index contributed by atoms with van der Waals surface area (Å²) in [6.45, 7) is 7.62. The van der Waals surface area contributed by atoms with Crippen molar-refractivity contribution in [3.05, 3.63) is 11.6 Å². The van der Waals surface area contributed by atoms with Crippen LogP contribution in [0.2, 0.25) is 0 Å². The molecule has 3 atom stereocenters. The van der Waals surface area contributed by atoms with E-state index in [0.29, 0.717) is 18.6 Å². The van der Waals surface area contributed by atoms with Gasteiger partial charge in [-0.1, -0.05) is 13.8 Å². The summed E-state index contributed by atoms with van der Waals surface area (Å²) < 4.78 is 20.0. The van der Waals surface area contributed by atoms with Crippen molar-refractivity contribution in [1.82, 2.24) is 5.32 Å². The lowest BCUT2D eigenvalue weighted by atomic mass is 9.88. The van der Waals surface area contributed by atoms with Gasteiger partial charge < -0.3 is 35.2 Å². The molecule has 6 N–H and O–H groups in total. The number of phosphoric acid groups is 1. The first-order valence-electron chi connectivity index (χ1n) is 8.77. The Morgan fingerprint density at radius 1 is 1.30 bits per heavy atom. The molecular formula is C16H31N2O8P. The number of nitrogens with two attached hydrogens (primary N) is 1. The van der Waals surface area contributed by atoms with Crippen molar-refractivity contribution in [3.8, 4) is 0 Å². The van der Waals surface area contributed by atoms with Crippen molar-refractivity contribution in [2.24, 2.45) is 5.73 Å². The smallest absolute Gasteiger partial charge is 0.463 e. The molecule has 1 aliphatic carbocycles. The zero-order chi connectivity index (χ0) is 21.2. The van der Waals surface area contributed by atoms with Gasteiger partial charge in [-0.15, -0.1) is 0 Å². The van der Waals surface area contributed by atoms with E-state index in [2.05, 4.69) is 5.32 Å². The Balaban J connectivity index is 0.00000119. The number of hydrogen-bond donors (Lipinski definition) is 5. The highest BCUT2D eigenvalue weighted by Gasteiger charge is 2.35. The second-order valence-electron chi connectivity index (χ2n) is 6.06. The summed E-state index contributed by atoms with van der Waals surface area (Å²) in [6.07, 6.45) is 3.48. The fourth-order valence-electron chi connectivity index (χ4n) is 2.62. The molecule has 0 saturated carbocycles. The lowest BCUT2D eigenvalue weighted by molar-refractivity contribution is -0.139. The van der Waals surface area contributed by atoms with Gasteiger partial charge in [0.05, 0.1) is 24.9 Å². The quantitative estimate of drug-likeness (QED) is 0.294. The first kappa shape index (κ1) is 25.7. The maximum atomic E-state index is 12.0. The number of nitrogens with one attached hydrogen (secondary N) is 1. The zero-order valence-corrected chi connectivity index (χ0v) is 17.0. The molecular weight excluding hydrogens is 379 g/mol. The lowest BCUT2D eigenvalue weighted by Gasteiger charge is -2.36. The second kappa shape index (κ2) is 12.2. The highest BCUT2D eigenvalue weighted by Crippen LogP contribution is 2.26. The van der Waals surface area contributed by atoms with Crippen LogP contribution in [0.3, 0.4) is 0 Å². The zero-order valence-electron chi connectivity index (χ0n) is 16.1. The third-order valence-corrected chi connectivity index (χ3v) is 3.80. The Labute approximate surface area is 159 Å². The van der Waals surface area contributed by atoms with Crippen LogP contribution in [0.25, 0.3) is 0 Å². The van der Waals surface area contributed by atoms with Gasteiger partial charge in [0.15, 0.2) is 0 Å². The van der Waals surface area contributed by atoms with E-state index in [0.717, 1.165) is 12.8 Å². The topological polar surface area (TPSA) is 168 Å². The highest BCUT2D eigenvalue weighted by molar-refractivity contribution is 7.45. The highest BCUT2D eigenvalue weighted by atomic mass is 31.2. The van der Waals surface area contributed by atoms with Crippen molar-refractivity contribution in [2.45, 2.75) is 71.2 Å². The molecule has 0 radical (unpaired) electrons. The molecule has 0 aromatic heterocycles. The Morgan fingerprint density at radius 2 is 1.81 bits per heavy atom. The van der Waals surface area contributed by atoms with Crippen LogP contribution in [0.1, 0.15) is 47.0 Å². The number of carbonyl (C=O) groups is 2. The third-order valence-electron chi connectivity index (χ3n) is 3.80. The Kier molecular flexibility index (Phi) is 11.6. The van der Waals surface area contributed by atoms with Crippen LogP contribution in [0.15, 0.2) is 11.6 Å². The van der Waals surface area contributed by atoms with E-state index in [9.17, 15) is 9.59 Å². The lowest BCUT2D eigenvalue weighted by Crippen LogP contribution is -2.57. The van der Waals surface area contributed by atoms with Crippen LogP contribution in [0.4, 0.5) is 0 Å². The van der Waals surface area contributed by atoms with Gasteiger partial charge in [0.2, 0.25) is 5.91 Å². The summed E-state index contributed by atoms with van der Waals surface area (Å²) in [6, 6.07) is -0.719. The molecule has 1 rings (SSSR count). The number of ether oxygens (including phenoxy) is 2. The molecule has 27 heavy (non-hydrogen) atoms. The summed E-state index contributed by atoms with van der Waals surface area (Å²) in [5.41, 5.74) is 6.68. The number of esters is 1. The van der Waals surface area contributed by atoms with E-state index in [-0.39, 0.29) is 30.1 Å². The molecule has 0 saturated heterocycles. The van der Waals surface area contributed by atoms with E-state index in [1.807, 2.05) is 13.8 Å². The summed E-state index contributed by atoms with van der Waals surface area (Å²) >= 11 is 0. The summed E-state index contributed by atoms with van der Waals surface area (Å²) in [5.74, 6) is -0.524. The summed E-state index contributed by atoms with van der Waals surface area (Å²) in [7, 11) is -4.64. The molecule has 0 aromatic carbocycles. The largest absolute Gasteiger partial charge is 0.466 e. The van der Waals surface area contributed by atoms with Crippen LogP contribution < -0.4 is 11.1 Å². The standard InChI is InChI=1S/C16H28N2O4.H3O4P/c1-5-12(6-2)22-14-9-11(16(20)21-7-3)8-13(17)15(14)18-10(4)19;1-5(2,3)4/h9,12-15H,5-8,17H2,1-4H3,(H,18,19);(H3,1,2,3,4)/t13-,14-,15+;/m1./s1. The molecule has 11 heteroatoms. The molecule has 0 unspecified atom stereocenters. The van der Waals surface area contributed by atoms with Gasteiger partial charge in [0, 0.05) is 18.5 Å². The number of rotatable bonds is 7. The normalized spacial score (nSPS) is 22.4. The van der Waals surface area contributed by atoms with Crippen LogP contribution >= 0.6 is 7.82 Å². The third kappa shape index (κ3) is 11.2. The molecule has 1 aliphatic rings. The van der Waals surface area contributed by atoms with Gasteiger partial charge in [-0.2, -0.15) is 0 Å². The number of carbonyl (C=O) groups excluding carboxylic acids is 2. The monoisotopic (exact) mass is 410 g/mol. The number of hydrogen-bond acceptors (Lipinski definition) is 6. The molecule has 0 aliphatic heterocycles. The van der Waals surface area contributed by atoms with Gasteiger partial charge in [-0.25, -0.2) is 9.36 Å². The minimum Gasteiger partial charge on any atom is -0.463 e. The molecule has 1 amide bonds. The van der Waals surface area contributed by atoms with Gasteiger partial charge in [0.1, 0.15) is 0 Å². The maximum Gasteiger partial charge on any atom is 0.466 e.